The Morgan fingerprint density at radius 1 is 0.902 bits per heavy atom. The van der Waals surface area contributed by atoms with Gasteiger partial charge in [-0.3, -0.25) is 13.9 Å². The molecule has 7 nitrogen and oxygen atoms in total. The number of nitrogens with one attached hydrogen (secondary N) is 1. The Kier molecular flexibility index (Phi) is 10.7. The molecule has 3 aromatic carbocycles. The van der Waals surface area contributed by atoms with Crippen LogP contribution in [0.4, 0.5) is 5.69 Å². The van der Waals surface area contributed by atoms with Gasteiger partial charge in [-0.1, -0.05) is 77.3 Å². The third-order valence-corrected chi connectivity index (χ3v) is 8.33. The zero-order valence-corrected chi connectivity index (χ0v) is 26.7. The lowest BCUT2D eigenvalue weighted by atomic mass is 10.0. The molecule has 3 rings (SSSR count). The molecule has 0 bridgehead atoms. The molecule has 0 saturated heterocycles. The van der Waals surface area contributed by atoms with Crippen LogP contribution in [0.2, 0.25) is 15.1 Å². The summed E-state index contributed by atoms with van der Waals surface area (Å²) in [5.41, 5.74) is 1.77. The summed E-state index contributed by atoms with van der Waals surface area (Å²) < 4.78 is 27.0. The molecule has 220 valence electrons. The topological polar surface area (TPSA) is 86.8 Å². The number of halogens is 3. The lowest BCUT2D eigenvalue weighted by Crippen LogP contribution is -2.56. The van der Waals surface area contributed by atoms with E-state index in [1.54, 1.807) is 37.3 Å². The van der Waals surface area contributed by atoms with E-state index in [4.69, 9.17) is 34.8 Å². The van der Waals surface area contributed by atoms with Crippen molar-refractivity contribution in [2.75, 3.05) is 17.1 Å². The molecule has 41 heavy (non-hydrogen) atoms. The second-order valence-electron chi connectivity index (χ2n) is 10.9. The van der Waals surface area contributed by atoms with Crippen LogP contribution in [0.3, 0.4) is 0 Å². The largest absolute Gasteiger partial charge is 0.350 e. The monoisotopic (exact) mass is 637 g/mol. The van der Waals surface area contributed by atoms with Crippen molar-refractivity contribution < 1.29 is 18.0 Å². The van der Waals surface area contributed by atoms with E-state index >= 15 is 0 Å². The fraction of sp³-hybridized carbons (Fsp3) is 0.333. The number of hydrogen-bond donors (Lipinski definition) is 1. The molecular weight excluding hydrogens is 605 g/mol. The predicted molar refractivity (Wildman–Crippen MR) is 167 cm³/mol. The van der Waals surface area contributed by atoms with E-state index in [1.165, 1.54) is 11.0 Å². The van der Waals surface area contributed by atoms with Crippen molar-refractivity contribution in [3.63, 3.8) is 0 Å². The lowest BCUT2D eigenvalue weighted by molar-refractivity contribution is -0.140. The SMILES string of the molecule is Cc1ccc(Cl)cc1N(CC(=O)N(Cc1ccc(Cl)c(Cl)c1)[C@H](Cc1ccccc1)C(=O)NC(C)(C)C)S(C)(=O)=O. The molecule has 2 amide bonds. The Balaban J connectivity index is 2.12. The zero-order chi connectivity index (χ0) is 30.5. The number of carbonyl (C=O) groups is 2. The molecule has 1 atom stereocenters. The summed E-state index contributed by atoms with van der Waals surface area (Å²) in [5.74, 6) is -0.953. The quantitative estimate of drug-likeness (QED) is 0.283. The van der Waals surface area contributed by atoms with E-state index in [0.29, 0.717) is 26.2 Å². The van der Waals surface area contributed by atoms with Crippen molar-refractivity contribution in [1.82, 2.24) is 10.2 Å². The lowest BCUT2D eigenvalue weighted by Gasteiger charge is -2.35. The first kappa shape index (κ1) is 32.7. The number of amides is 2. The van der Waals surface area contributed by atoms with Gasteiger partial charge in [0.1, 0.15) is 12.6 Å². The summed E-state index contributed by atoms with van der Waals surface area (Å²) in [4.78, 5) is 29.3. The Morgan fingerprint density at radius 2 is 1.56 bits per heavy atom. The third kappa shape index (κ3) is 9.36. The van der Waals surface area contributed by atoms with Crippen LogP contribution >= 0.6 is 34.8 Å². The molecule has 3 aromatic rings. The summed E-state index contributed by atoms with van der Waals surface area (Å²) in [6.07, 6.45) is 1.22. The van der Waals surface area contributed by atoms with Crippen molar-refractivity contribution in [3.05, 3.63) is 98.5 Å². The third-order valence-electron chi connectivity index (χ3n) is 6.23. The smallest absolute Gasteiger partial charge is 0.244 e. The molecule has 0 aliphatic rings. The van der Waals surface area contributed by atoms with Crippen molar-refractivity contribution in [3.8, 4) is 0 Å². The van der Waals surface area contributed by atoms with Crippen LogP contribution in [0, 0.1) is 6.92 Å². The van der Waals surface area contributed by atoms with Crippen molar-refractivity contribution >= 4 is 62.3 Å². The average molecular weight is 639 g/mol. The Hall–Kier alpha value is -2.78. The highest BCUT2D eigenvalue weighted by molar-refractivity contribution is 7.92. The Bertz CT molecular complexity index is 1510. The molecule has 11 heteroatoms. The van der Waals surface area contributed by atoms with Gasteiger partial charge in [0.05, 0.1) is 22.0 Å². The Labute approximate surface area is 257 Å². The van der Waals surface area contributed by atoms with Crippen LogP contribution in [0.5, 0.6) is 0 Å². The van der Waals surface area contributed by atoms with Gasteiger partial charge in [0, 0.05) is 23.5 Å². The van der Waals surface area contributed by atoms with Gasteiger partial charge in [0.25, 0.3) is 0 Å². The molecule has 0 aromatic heterocycles. The summed E-state index contributed by atoms with van der Waals surface area (Å²) in [5, 5.41) is 3.95. The van der Waals surface area contributed by atoms with Gasteiger partial charge in [-0.15, -0.1) is 0 Å². The first-order valence-corrected chi connectivity index (χ1v) is 15.9. The van der Waals surface area contributed by atoms with Crippen LogP contribution in [0.15, 0.2) is 66.7 Å². The standard InChI is InChI=1S/C30H34Cl3N3O4S/c1-20-11-13-23(31)17-26(20)36(41(5,39)40)19-28(37)35(18-22-12-14-24(32)25(33)15-22)27(29(38)34-30(2,3)4)16-21-9-7-6-8-10-21/h6-15,17,27H,16,18-19H2,1-5H3,(H,34,38)/t27-/m1/s1. The van der Waals surface area contributed by atoms with Gasteiger partial charge in [0.2, 0.25) is 21.8 Å². The molecule has 0 aliphatic carbocycles. The molecule has 0 radical (unpaired) electrons. The first-order valence-electron chi connectivity index (χ1n) is 12.9. The summed E-state index contributed by atoms with van der Waals surface area (Å²) in [6, 6.07) is 18.1. The second-order valence-corrected chi connectivity index (χ2v) is 14.1. The maximum absolute atomic E-state index is 14.2. The zero-order valence-electron chi connectivity index (χ0n) is 23.6. The van der Waals surface area contributed by atoms with Gasteiger partial charge in [-0.2, -0.15) is 0 Å². The van der Waals surface area contributed by atoms with Gasteiger partial charge >= 0.3 is 0 Å². The molecule has 0 saturated carbocycles. The van der Waals surface area contributed by atoms with Crippen LogP contribution in [-0.2, 0) is 32.6 Å². The van der Waals surface area contributed by atoms with Gasteiger partial charge < -0.3 is 10.2 Å². The predicted octanol–water partition coefficient (Wildman–Crippen LogP) is 6.28. The highest BCUT2D eigenvalue weighted by atomic mass is 35.5. The number of nitrogens with zero attached hydrogens (tertiary/aromatic N) is 2. The van der Waals surface area contributed by atoms with Crippen LogP contribution in [0.1, 0.15) is 37.5 Å². The molecular formula is C30H34Cl3N3O4S. The van der Waals surface area contributed by atoms with Gasteiger partial charge in [0.15, 0.2) is 0 Å². The summed E-state index contributed by atoms with van der Waals surface area (Å²) in [7, 11) is -3.92. The van der Waals surface area contributed by atoms with Crippen LogP contribution in [0.25, 0.3) is 0 Å². The molecule has 0 aliphatic heterocycles. The van der Waals surface area contributed by atoms with Gasteiger partial charge in [-0.25, -0.2) is 8.42 Å². The summed E-state index contributed by atoms with van der Waals surface area (Å²) in [6.45, 7) is 6.72. The van der Waals surface area contributed by atoms with Crippen molar-refractivity contribution in [2.45, 2.75) is 52.2 Å². The number of anilines is 1. The van der Waals surface area contributed by atoms with Gasteiger partial charge in [-0.05, 0) is 68.7 Å². The van der Waals surface area contributed by atoms with E-state index in [9.17, 15) is 18.0 Å². The fourth-order valence-corrected chi connectivity index (χ4v) is 5.67. The number of rotatable bonds is 10. The summed E-state index contributed by atoms with van der Waals surface area (Å²) >= 11 is 18.6. The van der Waals surface area contributed by atoms with E-state index in [1.807, 2.05) is 51.1 Å². The highest BCUT2D eigenvalue weighted by Gasteiger charge is 2.34. The number of aryl methyl sites for hydroxylation is 1. The van der Waals surface area contributed by atoms with E-state index in [0.717, 1.165) is 16.1 Å². The number of benzene rings is 3. The van der Waals surface area contributed by atoms with Crippen molar-refractivity contribution in [2.24, 2.45) is 0 Å². The average Bonchev–Trinajstić information content (AvgIpc) is 2.87. The minimum atomic E-state index is -3.92. The first-order chi connectivity index (χ1) is 19.0. The maximum atomic E-state index is 14.2. The van der Waals surface area contributed by atoms with Crippen molar-refractivity contribution in [1.29, 1.82) is 0 Å². The van der Waals surface area contributed by atoms with Crippen LogP contribution in [-0.4, -0.2) is 49.5 Å². The minimum absolute atomic E-state index is 0.0169. The highest BCUT2D eigenvalue weighted by Crippen LogP contribution is 2.28. The van der Waals surface area contributed by atoms with Crippen LogP contribution < -0.4 is 9.62 Å². The minimum Gasteiger partial charge on any atom is -0.350 e. The number of hydrogen-bond acceptors (Lipinski definition) is 4. The van der Waals surface area contributed by atoms with E-state index in [-0.39, 0.29) is 24.6 Å². The maximum Gasteiger partial charge on any atom is 0.244 e. The van der Waals surface area contributed by atoms with E-state index in [2.05, 4.69) is 5.32 Å². The molecule has 0 fully saturated rings. The second kappa shape index (κ2) is 13.5. The fourth-order valence-electron chi connectivity index (χ4n) is 4.29. The molecule has 1 N–H and O–H groups in total. The molecule has 0 spiro atoms. The Morgan fingerprint density at radius 3 is 2.15 bits per heavy atom. The normalized spacial score (nSPS) is 12.5. The molecule has 0 heterocycles. The number of sulfonamides is 1. The number of carbonyl (C=O) groups excluding carboxylic acids is 2. The van der Waals surface area contributed by atoms with E-state index < -0.39 is 34.1 Å². The molecule has 0 unspecified atom stereocenters.